The Kier molecular flexibility index (Phi) is 4.09. The highest BCUT2D eigenvalue weighted by Gasteiger charge is 2.12. The van der Waals surface area contributed by atoms with Crippen LogP contribution in [0.5, 0.6) is 0 Å². The molecule has 2 rings (SSSR count). The third kappa shape index (κ3) is 2.82. The lowest BCUT2D eigenvalue weighted by Crippen LogP contribution is -1.93. The fraction of sp³-hybridized carbons (Fsp3) is 0.417. The number of pyridine rings is 1. The van der Waals surface area contributed by atoms with Gasteiger partial charge in [-0.3, -0.25) is 4.98 Å². The van der Waals surface area contributed by atoms with Crippen molar-refractivity contribution in [1.29, 1.82) is 0 Å². The van der Waals surface area contributed by atoms with E-state index in [0.29, 0.717) is 24.0 Å². The third-order valence-corrected chi connectivity index (χ3v) is 2.74. The maximum Gasteiger partial charge on any atom is 0.227 e. The molecule has 2 aromatic rings. The van der Waals surface area contributed by atoms with E-state index in [0.717, 1.165) is 24.1 Å². The summed E-state index contributed by atoms with van der Waals surface area (Å²) in [4.78, 5) is 8.63. The number of hydrogen-bond acceptors (Lipinski definition) is 4. The Balaban J connectivity index is 2.24. The highest BCUT2D eigenvalue weighted by Crippen LogP contribution is 2.18. The number of nitrogens with zero attached hydrogens (tertiary/aromatic N) is 3. The van der Waals surface area contributed by atoms with Gasteiger partial charge in [0.15, 0.2) is 0 Å². The number of hydrogen-bond donors (Lipinski definition) is 0. The lowest BCUT2D eigenvalue weighted by molar-refractivity contribution is 0.378. The molecule has 0 bridgehead atoms. The van der Waals surface area contributed by atoms with Gasteiger partial charge in [-0.05, 0) is 24.5 Å². The molecule has 0 atom stereocenters. The van der Waals surface area contributed by atoms with E-state index in [1.165, 1.54) is 0 Å². The Morgan fingerprint density at radius 3 is 3.06 bits per heavy atom. The highest BCUT2D eigenvalue weighted by molar-refractivity contribution is 6.17. The van der Waals surface area contributed by atoms with Crippen LogP contribution in [0.3, 0.4) is 0 Å². The van der Waals surface area contributed by atoms with E-state index in [1.807, 2.05) is 12.1 Å². The molecule has 0 amide bonds. The zero-order valence-corrected chi connectivity index (χ0v) is 10.4. The van der Waals surface area contributed by atoms with Gasteiger partial charge in [-0.1, -0.05) is 18.1 Å². The summed E-state index contributed by atoms with van der Waals surface area (Å²) in [5.41, 5.74) is 1.92. The summed E-state index contributed by atoms with van der Waals surface area (Å²) in [5, 5.41) is 3.96. The Morgan fingerprint density at radius 1 is 1.41 bits per heavy atom. The van der Waals surface area contributed by atoms with Gasteiger partial charge in [0, 0.05) is 18.5 Å². The molecule has 2 aromatic heterocycles. The van der Waals surface area contributed by atoms with Crippen LogP contribution in [-0.2, 0) is 12.8 Å². The zero-order valence-electron chi connectivity index (χ0n) is 9.69. The summed E-state index contributed by atoms with van der Waals surface area (Å²) >= 11 is 5.62. The topological polar surface area (TPSA) is 51.8 Å². The van der Waals surface area contributed by atoms with Crippen molar-refractivity contribution in [3.63, 3.8) is 0 Å². The fourth-order valence-corrected chi connectivity index (χ4v) is 1.73. The standard InChI is InChI=1S/C12H14ClN3O/c1-2-9-5-4-8-14-11(9)12-15-10(17-16-12)6-3-7-13/h4-5,8H,2-3,6-7H2,1H3. The monoisotopic (exact) mass is 251 g/mol. The van der Waals surface area contributed by atoms with Gasteiger partial charge in [-0.25, -0.2) is 0 Å². The van der Waals surface area contributed by atoms with Crippen LogP contribution in [-0.4, -0.2) is 21.0 Å². The number of rotatable bonds is 5. The normalized spacial score (nSPS) is 10.7. The maximum atomic E-state index is 5.62. The molecule has 0 radical (unpaired) electrons. The van der Waals surface area contributed by atoms with E-state index in [-0.39, 0.29) is 0 Å². The lowest BCUT2D eigenvalue weighted by atomic mass is 10.1. The first-order valence-corrected chi connectivity index (χ1v) is 6.21. The molecule has 5 heteroatoms. The van der Waals surface area contributed by atoms with Crippen molar-refractivity contribution >= 4 is 11.6 Å². The van der Waals surface area contributed by atoms with E-state index in [1.54, 1.807) is 6.20 Å². The van der Waals surface area contributed by atoms with Crippen molar-refractivity contribution in [2.24, 2.45) is 0 Å². The summed E-state index contributed by atoms with van der Waals surface area (Å²) in [6.07, 6.45) is 4.19. The van der Waals surface area contributed by atoms with Crippen LogP contribution in [0.1, 0.15) is 24.8 Å². The van der Waals surface area contributed by atoms with Crippen LogP contribution in [0.4, 0.5) is 0 Å². The molecule has 0 N–H and O–H groups in total. The highest BCUT2D eigenvalue weighted by atomic mass is 35.5. The van der Waals surface area contributed by atoms with Gasteiger partial charge in [0.2, 0.25) is 11.7 Å². The van der Waals surface area contributed by atoms with E-state index < -0.39 is 0 Å². The van der Waals surface area contributed by atoms with Crippen molar-refractivity contribution in [1.82, 2.24) is 15.1 Å². The molecule has 90 valence electrons. The number of aromatic nitrogens is 3. The molecule has 17 heavy (non-hydrogen) atoms. The quantitative estimate of drug-likeness (QED) is 0.767. The van der Waals surface area contributed by atoms with Crippen molar-refractivity contribution in [3.05, 3.63) is 29.8 Å². The molecule has 0 fully saturated rings. The smallest absolute Gasteiger partial charge is 0.227 e. The van der Waals surface area contributed by atoms with Crippen LogP contribution in [0.25, 0.3) is 11.5 Å². The maximum absolute atomic E-state index is 5.62. The molecule has 0 unspecified atom stereocenters. The molecule has 0 saturated heterocycles. The summed E-state index contributed by atoms with van der Waals surface area (Å²) < 4.78 is 5.16. The zero-order chi connectivity index (χ0) is 12.1. The van der Waals surface area contributed by atoms with Crippen molar-refractivity contribution < 1.29 is 4.52 Å². The fourth-order valence-electron chi connectivity index (χ4n) is 1.60. The van der Waals surface area contributed by atoms with Crippen molar-refractivity contribution in [2.75, 3.05) is 5.88 Å². The molecule has 2 heterocycles. The van der Waals surface area contributed by atoms with Gasteiger partial charge in [0.05, 0.1) is 0 Å². The second-order valence-electron chi connectivity index (χ2n) is 3.67. The lowest BCUT2D eigenvalue weighted by Gasteiger charge is -2.00. The summed E-state index contributed by atoms with van der Waals surface area (Å²) in [6, 6.07) is 3.94. The van der Waals surface area contributed by atoms with Gasteiger partial charge in [0.25, 0.3) is 0 Å². The first-order chi connectivity index (χ1) is 8.35. The molecule has 0 aliphatic carbocycles. The van der Waals surface area contributed by atoms with Crippen LogP contribution >= 0.6 is 11.6 Å². The minimum Gasteiger partial charge on any atom is -0.339 e. The summed E-state index contributed by atoms with van der Waals surface area (Å²) in [5.74, 6) is 1.78. The third-order valence-electron chi connectivity index (χ3n) is 2.48. The second-order valence-corrected chi connectivity index (χ2v) is 4.05. The Hall–Kier alpha value is -1.42. The largest absolute Gasteiger partial charge is 0.339 e. The molecule has 4 nitrogen and oxygen atoms in total. The minimum atomic E-state index is 0.562. The van der Waals surface area contributed by atoms with E-state index >= 15 is 0 Å². The number of halogens is 1. The second kappa shape index (κ2) is 5.77. The number of aryl methyl sites for hydroxylation is 2. The predicted octanol–water partition coefficient (Wildman–Crippen LogP) is 2.87. The van der Waals surface area contributed by atoms with Crippen molar-refractivity contribution in [3.8, 4) is 11.5 Å². The number of alkyl halides is 1. The average molecular weight is 252 g/mol. The average Bonchev–Trinajstić information content (AvgIpc) is 2.85. The molecule has 0 aliphatic heterocycles. The first kappa shape index (κ1) is 12.0. The molecular weight excluding hydrogens is 238 g/mol. The van der Waals surface area contributed by atoms with Crippen LogP contribution in [0, 0.1) is 0 Å². The van der Waals surface area contributed by atoms with Crippen LogP contribution in [0.2, 0.25) is 0 Å². The summed E-state index contributed by atoms with van der Waals surface area (Å²) in [6.45, 7) is 2.08. The van der Waals surface area contributed by atoms with Crippen LogP contribution < -0.4 is 0 Å². The predicted molar refractivity (Wildman–Crippen MR) is 65.9 cm³/mol. The molecule has 0 aromatic carbocycles. The van der Waals surface area contributed by atoms with Gasteiger partial charge in [0.1, 0.15) is 5.69 Å². The van der Waals surface area contributed by atoms with Gasteiger partial charge >= 0.3 is 0 Å². The Morgan fingerprint density at radius 2 is 2.29 bits per heavy atom. The van der Waals surface area contributed by atoms with E-state index in [4.69, 9.17) is 16.1 Å². The molecule has 0 saturated carbocycles. The van der Waals surface area contributed by atoms with Gasteiger partial charge < -0.3 is 4.52 Å². The van der Waals surface area contributed by atoms with Crippen LogP contribution in [0.15, 0.2) is 22.9 Å². The molecule has 0 aliphatic rings. The van der Waals surface area contributed by atoms with Crippen molar-refractivity contribution in [2.45, 2.75) is 26.2 Å². The SMILES string of the molecule is CCc1cccnc1-c1noc(CCCCl)n1. The van der Waals surface area contributed by atoms with E-state index in [2.05, 4.69) is 22.0 Å². The minimum absolute atomic E-state index is 0.562. The van der Waals surface area contributed by atoms with Gasteiger partial charge in [-0.2, -0.15) is 4.98 Å². The van der Waals surface area contributed by atoms with E-state index in [9.17, 15) is 0 Å². The van der Waals surface area contributed by atoms with Gasteiger partial charge in [-0.15, -0.1) is 11.6 Å². The Bertz CT molecular complexity index is 484. The first-order valence-electron chi connectivity index (χ1n) is 5.68. The molecule has 0 spiro atoms. The summed E-state index contributed by atoms with van der Waals surface area (Å²) in [7, 11) is 0. The Labute approximate surface area is 105 Å². The molecular formula is C12H14ClN3O.